The number of ether oxygens (including phenoxy) is 2. The van der Waals surface area contributed by atoms with Crippen molar-refractivity contribution in [3.8, 4) is 11.5 Å². The summed E-state index contributed by atoms with van der Waals surface area (Å²) in [6, 6.07) is 14.7. The van der Waals surface area contributed by atoms with Crippen LogP contribution in [0.5, 0.6) is 11.5 Å². The Kier molecular flexibility index (Phi) is 4.41. The van der Waals surface area contributed by atoms with E-state index >= 15 is 0 Å². The van der Waals surface area contributed by atoms with E-state index in [-0.39, 0.29) is 0 Å². The Hall–Kier alpha value is -2.00. The van der Waals surface area contributed by atoms with Gasteiger partial charge in [-0.2, -0.15) is 0 Å². The third kappa shape index (κ3) is 3.56. The van der Waals surface area contributed by atoms with Crippen molar-refractivity contribution in [2.45, 2.75) is 19.9 Å². The molecule has 0 fully saturated rings. The average Bonchev–Trinajstić information content (AvgIpc) is 2.53. The first kappa shape index (κ1) is 14.0. The molecule has 0 saturated heterocycles. The van der Waals surface area contributed by atoms with Gasteiger partial charge in [-0.25, -0.2) is 0 Å². The molecule has 3 heteroatoms. The van der Waals surface area contributed by atoms with E-state index in [0.717, 1.165) is 31.0 Å². The lowest BCUT2D eigenvalue weighted by Gasteiger charge is -2.18. The van der Waals surface area contributed by atoms with Gasteiger partial charge in [-0.1, -0.05) is 30.3 Å². The fraction of sp³-hybridized carbons (Fsp3) is 0.333. The molecule has 21 heavy (non-hydrogen) atoms. The molecule has 1 aliphatic heterocycles. The van der Waals surface area contributed by atoms with Crippen LogP contribution >= 0.6 is 0 Å². The predicted molar refractivity (Wildman–Crippen MR) is 84.0 cm³/mol. The summed E-state index contributed by atoms with van der Waals surface area (Å²) in [4.78, 5) is 0. The van der Waals surface area contributed by atoms with Crippen LogP contribution in [0.3, 0.4) is 0 Å². The Morgan fingerprint density at radius 1 is 1.00 bits per heavy atom. The molecule has 110 valence electrons. The highest BCUT2D eigenvalue weighted by Crippen LogP contribution is 2.30. The molecule has 0 amide bonds. The number of aryl methyl sites for hydroxylation is 1. The second kappa shape index (κ2) is 6.64. The maximum atomic E-state index is 5.61. The zero-order valence-corrected chi connectivity index (χ0v) is 12.4. The number of nitrogens with one attached hydrogen (secondary N) is 1. The molecule has 1 aliphatic rings. The quantitative estimate of drug-likeness (QED) is 0.855. The highest BCUT2D eigenvalue weighted by Gasteiger charge is 2.11. The Balaban J connectivity index is 1.50. The zero-order chi connectivity index (χ0) is 14.5. The summed E-state index contributed by atoms with van der Waals surface area (Å²) in [7, 11) is 0. The van der Waals surface area contributed by atoms with Gasteiger partial charge < -0.3 is 14.8 Å². The van der Waals surface area contributed by atoms with E-state index in [1.54, 1.807) is 0 Å². The van der Waals surface area contributed by atoms with Gasteiger partial charge in [-0.3, -0.25) is 0 Å². The second-order valence-corrected chi connectivity index (χ2v) is 5.33. The minimum absolute atomic E-state index is 0.641. The highest BCUT2D eigenvalue weighted by molar-refractivity contribution is 5.43. The number of hydrogen-bond donors (Lipinski definition) is 1. The standard InChI is InChI=1S/C18H21NO2/c1-14-4-2-3-5-16(14)13-19-9-8-15-6-7-17-18(12-15)21-11-10-20-17/h2-7,12,19H,8-11,13H2,1H3. The Bertz CT molecular complexity index is 610. The van der Waals surface area contributed by atoms with E-state index in [9.17, 15) is 0 Å². The topological polar surface area (TPSA) is 30.5 Å². The van der Waals surface area contributed by atoms with E-state index < -0.39 is 0 Å². The first-order valence-corrected chi connectivity index (χ1v) is 7.47. The molecule has 0 atom stereocenters. The predicted octanol–water partition coefficient (Wildman–Crippen LogP) is 3.10. The molecule has 1 N–H and O–H groups in total. The first-order chi connectivity index (χ1) is 10.3. The van der Waals surface area contributed by atoms with Crippen LogP contribution in [-0.4, -0.2) is 19.8 Å². The Morgan fingerprint density at radius 2 is 1.81 bits per heavy atom. The van der Waals surface area contributed by atoms with Crippen molar-refractivity contribution in [1.29, 1.82) is 0 Å². The summed E-state index contributed by atoms with van der Waals surface area (Å²) in [5, 5.41) is 3.50. The van der Waals surface area contributed by atoms with Crippen LogP contribution in [0.4, 0.5) is 0 Å². The lowest BCUT2D eigenvalue weighted by molar-refractivity contribution is 0.171. The largest absolute Gasteiger partial charge is 0.486 e. The van der Waals surface area contributed by atoms with Crippen molar-refractivity contribution < 1.29 is 9.47 Å². The van der Waals surface area contributed by atoms with Gasteiger partial charge in [0.25, 0.3) is 0 Å². The zero-order valence-electron chi connectivity index (χ0n) is 12.4. The molecule has 0 spiro atoms. The Morgan fingerprint density at radius 3 is 2.67 bits per heavy atom. The molecule has 0 unspecified atom stereocenters. The van der Waals surface area contributed by atoms with Gasteiger partial charge in [0.15, 0.2) is 11.5 Å². The summed E-state index contributed by atoms with van der Waals surface area (Å²) in [5.41, 5.74) is 3.97. The van der Waals surface area contributed by atoms with Crippen LogP contribution < -0.4 is 14.8 Å². The maximum Gasteiger partial charge on any atom is 0.161 e. The van der Waals surface area contributed by atoms with Crippen molar-refractivity contribution in [1.82, 2.24) is 5.32 Å². The summed E-state index contributed by atoms with van der Waals surface area (Å²) in [6.07, 6.45) is 0.989. The number of rotatable bonds is 5. The fourth-order valence-electron chi connectivity index (χ4n) is 2.51. The van der Waals surface area contributed by atoms with Gasteiger partial charge in [-0.15, -0.1) is 0 Å². The van der Waals surface area contributed by atoms with Crippen molar-refractivity contribution in [2.75, 3.05) is 19.8 Å². The normalized spacial score (nSPS) is 13.2. The summed E-state index contributed by atoms with van der Waals surface area (Å²) < 4.78 is 11.1. The molecule has 3 nitrogen and oxygen atoms in total. The van der Waals surface area contributed by atoms with Gasteiger partial charge in [0, 0.05) is 6.54 Å². The minimum atomic E-state index is 0.641. The molecule has 0 aromatic heterocycles. The minimum Gasteiger partial charge on any atom is -0.486 e. The van der Waals surface area contributed by atoms with Crippen molar-refractivity contribution in [2.24, 2.45) is 0 Å². The van der Waals surface area contributed by atoms with Crippen LogP contribution in [0.25, 0.3) is 0 Å². The number of fused-ring (bicyclic) bond motifs is 1. The summed E-state index contributed by atoms with van der Waals surface area (Å²) in [5.74, 6) is 1.73. The summed E-state index contributed by atoms with van der Waals surface area (Å²) in [6.45, 7) is 5.30. The maximum absolute atomic E-state index is 5.61. The first-order valence-electron chi connectivity index (χ1n) is 7.47. The van der Waals surface area contributed by atoms with E-state index in [1.165, 1.54) is 16.7 Å². The third-order valence-corrected chi connectivity index (χ3v) is 3.77. The molecule has 0 bridgehead atoms. The molecule has 0 aliphatic carbocycles. The third-order valence-electron chi connectivity index (χ3n) is 3.77. The molecule has 0 saturated carbocycles. The van der Waals surface area contributed by atoms with Crippen molar-refractivity contribution in [3.05, 3.63) is 59.2 Å². The summed E-state index contributed by atoms with van der Waals surface area (Å²) >= 11 is 0. The van der Waals surface area contributed by atoms with E-state index in [0.29, 0.717) is 13.2 Å². The van der Waals surface area contributed by atoms with Crippen molar-refractivity contribution >= 4 is 0 Å². The smallest absolute Gasteiger partial charge is 0.161 e. The molecular weight excluding hydrogens is 262 g/mol. The van der Waals surface area contributed by atoms with E-state index in [1.807, 2.05) is 6.07 Å². The van der Waals surface area contributed by atoms with Gasteiger partial charge in [-0.05, 0) is 48.7 Å². The molecule has 2 aromatic rings. The van der Waals surface area contributed by atoms with E-state index in [4.69, 9.17) is 9.47 Å². The van der Waals surface area contributed by atoms with E-state index in [2.05, 4.69) is 48.6 Å². The lowest BCUT2D eigenvalue weighted by atomic mass is 10.1. The fourth-order valence-corrected chi connectivity index (χ4v) is 2.51. The molecule has 0 radical (unpaired) electrons. The van der Waals surface area contributed by atoms with Crippen LogP contribution in [-0.2, 0) is 13.0 Å². The number of hydrogen-bond acceptors (Lipinski definition) is 3. The van der Waals surface area contributed by atoms with Crippen LogP contribution in [0, 0.1) is 6.92 Å². The molecule has 3 rings (SSSR count). The van der Waals surface area contributed by atoms with Gasteiger partial charge in [0.05, 0.1) is 0 Å². The lowest BCUT2D eigenvalue weighted by Crippen LogP contribution is -2.18. The van der Waals surface area contributed by atoms with Gasteiger partial charge in [0.2, 0.25) is 0 Å². The van der Waals surface area contributed by atoms with Crippen LogP contribution in [0.2, 0.25) is 0 Å². The average molecular weight is 283 g/mol. The van der Waals surface area contributed by atoms with Gasteiger partial charge in [0.1, 0.15) is 13.2 Å². The van der Waals surface area contributed by atoms with Gasteiger partial charge >= 0.3 is 0 Å². The van der Waals surface area contributed by atoms with Crippen LogP contribution in [0.1, 0.15) is 16.7 Å². The highest BCUT2D eigenvalue weighted by atomic mass is 16.6. The van der Waals surface area contributed by atoms with Crippen LogP contribution in [0.15, 0.2) is 42.5 Å². The monoisotopic (exact) mass is 283 g/mol. The molecular formula is C18H21NO2. The Labute approximate surface area is 125 Å². The molecule has 2 aromatic carbocycles. The SMILES string of the molecule is Cc1ccccc1CNCCc1ccc2c(c1)OCCO2. The van der Waals surface area contributed by atoms with Crippen molar-refractivity contribution in [3.63, 3.8) is 0 Å². The molecule has 1 heterocycles. The number of benzene rings is 2. The second-order valence-electron chi connectivity index (χ2n) is 5.33.